The summed E-state index contributed by atoms with van der Waals surface area (Å²) in [5, 5.41) is 26.9. The summed E-state index contributed by atoms with van der Waals surface area (Å²) in [5.41, 5.74) is -0.927. The van der Waals surface area contributed by atoms with Gasteiger partial charge in [-0.25, -0.2) is 19.2 Å². The van der Waals surface area contributed by atoms with Crippen molar-refractivity contribution in [2.45, 2.75) is 89.9 Å². The second-order valence-corrected chi connectivity index (χ2v) is 10.6. The Labute approximate surface area is 224 Å². The number of ether oxygens (including phenoxy) is 4. The first-order valence-corrected chi connectivity index (χ1v) is 12.4. The van der Waals surface area contributed by atoms with E-state index in [4.69, 9.17) is 38.7 Å². The van der Waals surface area contributed by atoms with Gasteiger partial charge in [-0.15, -0.1) is 0 Å². The van der Waals surface area contributed by atoms with Crippen molar-refractivity contribution in [1.82, 2.24) is 21.3 Å². The maximum atomic E-state index is 11.6. The Morgan fingerprint density at radius 2 is 1.00 bits per heavy atom. The molecule has 0 unspecified atom stereocenters. The van der Waals surface area contributed by atoms with Crippen LogP contribution in [0.15, 0.2) is 0 Å². The molecule has 0 aliphatic carbocycles. The molecule has 4 atom stereocenters. The molecule has 2 rings (SSSR count). The minimum absolute atomic E-state index is 0.0198. The number of carbonyl (C=O) groups is 4. The third kappa shape index (κ3) is 16.9. The molecule has 2 amide bonds. The number of methoxy groups -OCH3 is 2. The molecule has 2 heterocycles. The lowest BCUT2D eigenvalue weighted by molar-refractivity contribution is -0.159. The van der Waals surface area contributed by atoms with Gasteiger partial charge in [0.15, 0.2) is 0 Å². The highest BCUT2D eigenvalue weighted by Gasteiger charge is 2.29. The first-order chi connectivity index (χ1) is 17.5. The normalized spacial score (nSPS) is 23.3. The molecule has 38 heavy (non-hydrogen) atoms. The van der Waals surface area contributed by atoms with E-state index >= 15 is 0 Å². The molecule has 2 saturated heterocycles. The van der Waals surface area contributed by atoms with Gasteiger partial charge in [-0.1, -0.05) is 0 Å². The SMILES string of the molecule is CO[C@H]1CCNC[C@H]1NC(=O)OC(C)(C)C.CO[C@H]1CCNC[C@H]1NC(=O)OC(C)(C)C.O=C(O)C(=O)O. The van der Waals surface area contributed by atoms with Crippen LogP contribution in [0.1, 0.15) is 54.4 Å². The zero-order valence-electron chi connectivity index (χ0n) is 23.7. The maximum Gasteiger partial charge on any atom is 0.414 e. The molecule has 0 radical (unpaired) electrons. The summed E-state index contributed by atoms with van der Waals surface area (Å²) in [4.78, 5) is 41.3. The average molecular weight is 551 g/mol. The molecule has 0 aromatic rings. The Bertz CT molecular complexity index is 689. The number of alkyl carbamates (subject to hydrolysis) is 2. The van der Waals surface area contributed by atoms with E-state index in [1.165, 1.54) is 0 Å². The van der Waals surface area contributed by atoms with Gasteiger partial charge in [0.1, 0.15) is 11.2 Å². The Kier molecular flexibility index (Phi) is 15.8. The predicted molar refractivity (Wildman–Crippen MR) is 138 cm³/mol. The van der Waals surface area contributed by atoms with Crippen LogP contribution in [0.2, 0.25) is 0 Å². The highest BCUT2D eigenvalue weighted by molar-refractivity contribution is 6.27. The molecule has 0 aromatic carbocycles. The van der Waals surface area contributed by atoms with Crippen molar-refractivity contribution in [3.05, 3.63) is 0 Å². The Morgan fingerprint density at radius 1 is 0.684 bits per heavy atom. The number of piperidine rings is 2. The minimum atomic E-state index is -1.82. The lowest BCUT2D eigenvalue weighted by Crippen LogP contribution is -2.55. The number of hydrogen-bond donors (Lipinski definition) is 6. The third-order valence-electron chi connectivity index (χ3n) is 5.03. The van der Waals surface area contributed by atoms with Gasteiger partial charge in [0.2, 0.25) is 0 Å². The van der Waals surface area contributed by atoms with Crippen LogP contribution in [0.25, 0.3) is 0 Å². The molecule has 0 spiro atoms. The molecule has 0 saturated carbocycles. The number of carboxylic acids is 2. The summed E-state index contributed by atoms with van der Waals surface area (Å²) < 4.78 is 21.0. The smallest absolute Gasteiger partial charge is 0.414 e. The van der Waals surface area contributed by atoms with Gasteiger partial charge in [0.25, 0.3) is 0 Å². The summed E-state index contributed by atoms with van der Waals surface area (Å²) >= 11 is 0. The van der Waals surface area contributed by atoms with Gasteiger partial charge in [0.05, 0.1) is 24.3 Å². The third-order valence-corrected chi connectivity index (χ3v) is 5.03. The summed E-state index contributed by atoms with van der Waals surface area (Å²) in [6.07, 6.45) is 1.16. The fraction of sp³-hybridized carbons (Fsp3) is 0.833. The van der Waals surface area contributed by atoms with E-state index in [0.717, 1.165) is 39.0 Å². The van der Waals surface area contributed by atoms with Gasteiger partial charge >= 0.3 is 24.1 Å². The second kappa shape index (κ2) is 17.0. The Morgan fingerprint density at radius 3 is 1.24 bits per heavy atom. The lowest BCUT2D eigenvalue weighted by atomic mass is 10.0. The summed E-state index contributed by atoms with van der Waals surface area (Å²) in [5.74, 6) is -3.65. The molecule has 2 aliphatic rings. The van der Waals surface area contributed by atoms with Crippen molar-refractivity contribution in [2.24, 2.45) is 0 Å². The number of nitrogens with one attached hydrogen (secondary N) is 4. The first-order valence-electron chi connectivity index (χ1n) is 12.4. The van der Waals surface area contributed by atoms with Crippen LogP contribution in [-0.4, -0.2) is 110 Å². The molecule has 222 valence electrons. The lowest BCUT2D eigenvalue weighted by Gasteiger charge is -2.32. The Balaban J connectivity index is 0.000000596. The quantitative estimate of drug-likeness (QED) is 0.272. The van der Waals surface area contributed by atoms with Crippen LogP contribution in [0.5, 0.6) is 0 Å². The molecule has 14 nitrogen and oxygen atoms in total. The number of rotatable bonds is 4. The average Bonchev–Trinajstić information content (AvgIpc) is 2.78. The van der Waals surface area contributed by atoms with Gasteiger partial charge in [-0.3, -0.25) is 0 Å². The zero-order chi connectivity index (χ0) is 29.5. The van der Waals surface area contributed by atoms with Gasteiger partial charge in [-0.2, -0.15) is 0 Å². The van der Waals surface area contributed by atoms with E-state index in [1.54, 1.807) is 14.2 Å². The van der Waals surface area contributed by atoms with Crippen molar-refractivity contribution in [1.29, 1.82) is 0 Å². The molecule has 2 fully saturated rings. The molecular formula is C24H46N4O10. The fourth-order valence-corrected chi connectivity index (χ4v) is 3.44. The Hall–Kier alpha value is -2.68. The van der Waals surface area contributed by atoms with Gasteiger partial charge in [-0.05, 0) is 67.5 Å². The largest absolute Gasteiger partial charge is 0.473 e. The predicted octanol–water partition coefficient (Wildman–Crippen LogP) is 0.932. The van der Waals surface area contributed by atoms with Crippen molar-refractivity contribution in [3.63, 3.8) is 0 Å². The summed E-state index contributed by atoms with van der Waals surface area (Å²) in [7, 11) is 3.33. The number of hydrogen-bond acceptors (Lipinski definition) is 10. The summed E-state index contributed by atoms with van der Waals surface area (Å²) in [6.45, 7) is 14.4. The van der Waals surface area contributed by atoms with E-state index in [0.29, 0.717) is 0 Å². The van der Waals surface area contributed by atoms with E-state index < -0.39 is 23.1 Å². The molecule has 6 N–H and O–H groups in total. The number of carbonyl (C=O) groups excluding carboxylic acids is 2. The van der Waals surface area contributed by atoms with Gasteiger partial charge in [0, 0.05) is 27.3 Å². The maximum absolute atomic E-state index is 11.6. The van der Waals surface area contributed by atoms with E-state index in [2.05, 4.69) is 21.3 Å². The number of aliphatic carboxylic acids is 2. The number of carboxylic acid groups (broad SMARTS) is 2. The van der Waals surface area contributed by atoms with Crippen LogP contribution in [0.3, 0.4) is 0 Å². The monoisotopic (exact) mass is 550 g/mol. The van der Waals surface area contributed by atoms with Crippen LogP contribution in [0.4, 0.5) is 9.59 Å². The molecular weight excluding hydrogens is 504 g/mol. The molecule has 2 aliphatic heterocycles. The molecule has 0 aromatic heterocycles. The van der Waals surface area contributed by atoms with E-state index in [9.17, 15) is 9.59 Å². The van der Waals surface area contributed by atoms with Crippen LogP contribution >= 0.6 is 0 Å². The van der Waals surface area contributed by atoms with Crippen molar-refractivity contribution in [2.75, 3.05) is 40.4 Å². The van der Waals surface area contributed by atoms with Crippen molar-refractivity contribution in [3.8, 4) is 0 Å². The molecule has 0 bridgehead atoms. The zero-order valence-corrected chi connectivity index (χ0v) is 23.7. The number of amides is 2. The van der Waals surface area contributed by atoms with Gasteiger partial charge < -0.3 is 50.4 Å². The standard InChI is InChI=1S/2C11H22N2O3.C2H2O4/c2*1-11(2,3)16-10(14)13-8-7-12-6-5-9(8)15-4;3-1(4)2(5)6/h2*8-9,12H,5-7H2,1-4H3,(H,13,14);(H,3,4)(H,5,6)/t2*8-,9+;/m11./s1. The highest BCUT2D eigenvalue weighted by Crippen LogP contribution is 2.12. The van der Waals surface area contributed by atoms with Crippen molar-refractivity contribution < 1.29 is 48.3 Å². The molecule has 14 heteroatoms. The van der Waals surface area contributed by atoms with E-state index in [-0.39, 0.29) is 36.5 Å². The van der Waals surface area contributed by atoms with E-state index in [1.807, 2.05) is 41.5 Å². The van der Waals surface area contributed by atoms with Crippen LogP contribution in [0, 0.1) is 0 Å². The van der Waals surface area contributed by atoms with Crippen LogP contribution < -0.4 is 21.3 Å². The minimum Gasteiger partial charge on any atom is -0.473 e. The highest BCUT2D eigenvalue weighted by atomic mass is 16.6. The topological polar surface area (TPSA) is 194 Å². The fourth-order valence-electron chi connectivity index (χ4n) is 3.44. The summed E-state index contributed by atoms with van der Waals surface area (Å²) in [6, 6.07) is -0.0396. The van der Waals surface area contributed by atoms with Crippen molar-refractivity contribution >= 4 is 24.1 Å². The van der Waals surface area contributed by atoms with Crippen LogP contribution in [-0.2, 0) is 28.5 Å². The second-order valence-electron chi connectivity index (χ2n) is 10.6. The first kappa shape index (κ1) is 35.3.